The van der Waals surface area contributed by atoms with Crippen LogP contribution >= 0.6 is 0 Å². The molecule has 0 amide bonds. The van der Waals surface area contributed by atoms with E-state index in [2.05, 4.69) is 25.9 Å². The van der Waals surface area contributed by atoms with Crippen molar-refractivity contribution in [3.05, 3.63) is 40.7 Å². The fourth-order valence-electron chi connectivity index (χ4n) is 1.81. The van der Waals surface area contributed by atoms with Gasteiger partial charge in [0.05, 0.1) is 11.4 Å². The van der Waals surface area contributed by atoms with Crippen LogP contribution in [-0.2, 0) is 0 Å². The Bertz CT molecular complexity index is 538. The van der Waals surface area contributed by atoms with Gasteiger partial charge in [-0.15, -0.1) is 0 Å². The van der Waals surface area contributed by atoms with Crippen LogP contribution in [0.25, 0.3) is 5.69 Å². The standard InChI is InChI=1S/C13H17N3/c1-8-5-6-12(14)7-13(8)16-11(4)9(2)10(3)15-16/h5-7H,14H2,1-4H3. The lowest BCUT2D eigenvalue weighted by Gasteiger charge is -2.09. The summed E-state index contributed by atoms with van der Waals surface area (Å²) in [5.41, 5.74) is 12.3. The smallest absolute Gasteiger partial charge is 0.0698 e. The Morgan fingerprint density at radius 2 is 1.81 bits per heavy atom. The fourth-order valence-corrected chi connectivity index (χ4v) is 1.81. The first-order valence-corrected chi connectivity index (χ1v) is 5.40. The molecule has 0 aliphatic carbocycles. The molecule has 0 aliphatic heterocycles. The molecule has 0 bridgehead atoms. The summed E-state index contributed by atoms with van der Waals surface area (Å²) in [6.07, 6.45) is 0. The van der Waals surface area contributed by atoms with Crippen LogP contribution in [0.15, 0.2) is 18.2 Å². The second kappa shape index (κ2) is 3.67. The average Bonchev–Trinajstić information content (AvgIpc) is 2.50. The van der Waals surface area contributed by atoms with Crippen LogP contribution in [0.4, 0.5) is 5.69 Å². The van der Waals surface area contributed by atoms with Crippen molar-refractivity contribution in [1.29, 1.82) is 0 Å². The highest BCUT2D eigenvalue weighted by Gasteiger charge is 2.10. The van der Waals surface area contributed by atoms with Gasteiger partial charge in [-0.1, -0.05) is 6.07 Å². The van der Waals surface area contributed by atoms with Gasteiger partial charge in [-0.05, 0) is 51.0 Å². The molecule has 2 aromatic rings. The summed E-state index contributed by atoms with van der Waals surface area (Å²) in [4.78, 5) is 0. The molecule has 0 saturated heterocycles. The molecular formula is C13H17N3. The van der Waals surface area contributed by atoms with Gasteiger partial charge in [0.2, 0.25) is 0 Å². The van der Waals surface area contributed by atoms with E-state index in [9.17, 15) is 0 Å². The second-order valence-electron chi connectivity index (χ2n) is 4.25. The van der Waals surface area contributed by atoms with E-state index in [4.69, 9.17) is 5.73 Å². The van der Waals surface area contributed by atoms with Crippen molar-refractivity contribution >= 4 is 5.69 Å². The highest BCUT2D eigenvalue weighted by molar-refractivity contribution is 5.53. The van der Waals surface area contributed by atoms with E-state index < -0.39 is 0 Å². The van der Waals surface area contributed by atoms with E-state index in [1.54, 1.807) is 0 Å². The number of anilines is 1. The SMILES string of the molecule is Cc1ccc(N)cc1-n1nc(C)c(C)c1C. The normalized spacial score (nSPS) is 10.8. The maximum Gasteiger partial charge on any atom is 0.0698 e. The predicted octanol–water partition coefficient (Wildman–Crippen LogP) is 2.69. The molecule has 0 unspecified atom stereocenters. The lowest BCUT2D eigenvalue weighted by atomic mass is 10.1. The van der Waals surface area contributed by atoms with Gasteiger partial charge in [0, 0.05) is 11.4 Å². The first-order valence-electron chi connectivity index (χ1n) is 5.40. The fraction of sp³-hybridized carbons (Fsp3) is 0.308. The van der Waals surface area contributed by atoms with Crippen LogP contribution in [0.2, 0.25) is 0 Å². The molecule has 84 valence electrons. The number of hydrogen-bond donors (Lipinski definition) is 1. The highest BCUT2D eigenvalue weighted by atomic mass is 15.3. The molecule has 0 aliphatic rings. The lowest BCUT2D eigenvalue weighted by Crippen LogP contribution is -2.02. The predicted molar refractivity (Wildman–Crippen MR) is 66.9 cm³/mol. The van der Waals surface area contributed by atoms with Gasteiger partial charge in [-0.3, -0.25) is 0 Å². The van der Waals surface area contributed by atoms with Gasteiger partial charge in [-0.2, -0.15) is 5.10 Å². The molecule has 0 radical (unpaired) electrons. The zero-order chi connectivity index (χ0) is 11.9. The molecule has 0 saturated carbocycles. The molecule has 0 spiro atoms. The van der Waals surface area contributed by atoms with Crippen LogP contribution in [0.3, 0.4) is 0 Å². The summed E-state index contributed by atoms with van der Waals surface area (Å²) in [5, 5.41) is 4.54. The second-order valence-corrected chi connectivity index (χ2v) is 4.25. The minimum absolute atomic E-state index is 0.769. The van der Waals surface area contributed by atoms with Gasteiger partial charge in [0.15, 0.2) is 0 Å². The molecule has 1 aromatic carbocycles. The summed E-state index contributed by atoms with van der Waals surface area (Å²) in [6.45, 7) is 8.27. The zero-order valence-electron chi connectivity index (χ0n) is 10.2. The number of hydrogen-bond acceptors (Lipinski definition) is 2. The van der Waals surface area contributed by atoms with Gasteiger partial charge in [0.1, 0.15) is 0 Å². The molecule has 0 atom stereocenters. The molecule has 0 fully saturated rings. The van der Waals surface area contributed by atoms with E-state index in [1.807, 2.05) is 29.8 Å². The maximum atomic E-state index is 5.82. The number of aromatic nitrogens is 2. The van der Waals surface area contributed by atoms with E-state index in [-0.39, 0.29) is 0 Å². The Labute approximate surface area is 95.9 Å². The van der Waals surface area contributed by atoms with Crippen molar-refractivity contribution in [1.82, 2.24) is 9.78 Å². The molecule has 1 aromatic heterocycles. The maximum absolute atomic E-state index is 5.82. The van der Waals surface area contributed by atoms with Crippen LogP contribution in [0, 0.1) is 27.7 Å². The Hall–Kier alpha value is -1.77. The number of nitrogens with zero attached hydrogens (tertiary/aromatic N) is 2. The van der Waals surface area contributed by atoms with Crippen molar-refractivity contribution in [2.75, 3.05) is 5.73 Å². The quantitative estimate of drug-likeness (QED) is 0.743. The monoisotopic (exact) mass is 215 g/mol. The number of rotatable bonds is 1. The highest BCUT2D eigenvalue weighted by Crippen LogP contribution is 2.21. The van der Waals surface area contributed by atoms with Crippen LogP contribution in [-0.4, -0.2) is 9.78 Å². The van der Waals surface area contributed by atoms with E-state index in [0.29, 0.717) is 0 Å². The zero-order valence-corrected chi connectivity index (χ0v) is 10.2. The van der Waals surface area contributed by atoms with E-state index in [0.717, 1.165) is 17.1 Å². The van der Waals surface area contributed by atoms with Gasteiger partial charge in [0.25, 0.3) is 0 Å². The molecular weight excluding hydrogens is 198 g/mol. The summed E-state index contributed by atoms with van der Waals surface area (Å²) >= 11 is 0. The van der Waals surface area contributed by atoms with E-state index in [1.165, 1.54) is 16.8 Å². The molecule has 2 rings (SSSR count). The van der Waals surface area contributed by atoms with Crippen LogP contribution in [0.5, 0.6) is 0 Å². The summed E-state index contributed by atoms with van der Waals surface area (Å²) in [6, 6.07) is 5.90. The summed E-state index contributed by atoms with van der Waals surface area (Å²) in [5.74, 6) is 0. The van der Waals surface area contributed by atoms with Crippen molar-refractivity contribution < 1.29 is 0 Å². The van der Waals surface area contributed by atoms with E-state index >= 15 is 0 Å². The van der Waals surface area contributed by atoms with Gasteiger partial charge < -0.3 is 5.73 Å². The topological polar surface area (TPSA) is 43.8 Å². The lowest BCUT2D eigenvalue weighted by molar-refractivity contribution is 0.827. The molecule has 2 N–H and O–H groups in total. The van der Waals surface area contributed by atoms with Gasteiger partial charge >= 0.3 is 0 Å². The van der Waals surface area contributed by atoms with Crippen molar-refractivity contribution in [3.63, 3.8) is 0 Å². The Morgan fingerprint density at radius 3 is 2.38 bits per heavy atom. The Kier molecular flexibility index (Phi) is 2.46. The molecule has 3 nitrogen and oxygen atoms in total. The Balaban J connectivity index is 2.67. The Morgan fingerprint density at radius 1 is 1.12 bits per heavy atom. The van der Waals surface area contributed by atoms with Gasteiger partial charge in [-0.25, -0.2) is 4.68 Å². The average molecular weight is 215 g/mol. The number of nitrogens with two attached hydrogens (primary N) is 1. The van der Waals surface area contributed by atoms with Crippen molar-refractivity contribution in [2.24, 2.45) is 0 Å². The third kappa shape index (κ3) is 1.58. The molecule has 16 heavy (non-hydrogen) atoms. The minimum Gasteiger partial charge on any atom is -0.399 e. The summed E-state index contributed by atoms with van der Waals surface area (Å²) in [7, 11) is 0. The first-order chi connectivity index (χ1) is 7.50. The van der Waals surface area contributed by atoms with Crippen molar-refractivity contribution in [3.8, 4) is 5.69 Å². The number of nitrogen functional groups attached to an aromatic ring is 1. The minimum atomic E-state index is 0.769. The number of aryl methyl sites for hydroxylation is 2. The largest absolute Gasteiger partial charge is 0.399 e. The first kappa shape index (κ1) is 10.7. The van der Waals surface area contributed by atoms with Crippen LogP contribution in [0.1, 0.15) is 22.5 Å². The van der Waals surface area contributed by atoms with Crippen LogP contribution < -0.4 is 5.73 Å². The third-order valence-corrected chi connectivity index (χ3v) is 3.11. The summed E-state index contributed by atoms with van der Waals surface area (Å²) < 4.78 is 1.97. The van der Waals surface area contributed by atoms with Crippen molar-refractivity contribution in [2.45, 2.75) is 27.7 Å². The third-order valence-electron chi connectivity index (χ3n) is 3.11. The number of benzene rings is 1. The molecule has 3 heteroatoms. The molecule has 1 heterocycles.